The van der Waals surface area contributed by atoms with Crippen LogP contribution in [0.3, 0.4) is 0 Å². The average molecular weight is 307 g/mol. The SMILES string of the molecule is [N-]=[N+]=CC(=O)CC[C@H](NC(=O)[C@@H](O)c1ccncn1)C(=O)O. The number of Topliss-reactive ketones (excluding diaryl/α,β-unsaturated/α-hetero) is 1. The minimum absolute atomic E-state index is 0.0140. The lowest BCUT2D eigenvalue weighted by Crippen LogP contribution is -2.43. The van der Waals surface area contributed by atoms with Gasteiger partial charge in [-0.2, -0.15) is 4.79 Å². The van der Waals surface area contributed by atoms with Gasteiger partial charge in [0.25, 0.3) is 5.91 Å². The second-order valence-electron chi connectivity index (χ2n) is 4.19. The molecule has 0 aliphatic carbocycles. The summed E-state index contributed by atoms with van der Waals surface area (Å²) in [7, 11) is 0. The summed E-state index contributed by atoms with van der Waals surface area (Å²) in [4.78, 5) is 43.8. The number of aliphatic hydroxyl groups excluding tert-OH is 1. The highest BCUT2D eigenvalue weighted by Gasteiger charge is 2.26. The van der Waals surface area contributed by atoms with Gasteiger partial charge in [0.2, 0.25) is 5.78 Å². The number of hydrogen-bond acceptors (Lipinski definition) is 6. The predicted octanol–water partition coefficient (Wildman–Crippen LogP) is -1.27. The normalized spacial score (nSPS) is 12.6. The first kappa shape index (κ1) is 17.1. The molecular formula is C12H13N5O5. The van der Waals surface area contributed by atoms with Gasteiger partial charge < -0.3 is 21.1 Å². The van der Waals surface area contributed by atoms with Gasteiger partial charge in [0.05, 0.1) is 5.69 Å². The third kappa shape index (κ3) is 5.19. The average Bonchev–Trinajstić information content (AvgIpc) is 2.51. The molecule has 0 saturated carbocycles. The summed E-state index contributed by atoms with van der Waals surface area (Å²) in [6.45, 7) is 0. The van der Waals surface area contributed by atoms with E-state index in [2.05, 4.69) is 20.1 Å². The molecule has 1 amide bonds. The summed E-state index contributed by atoms with van der Waals surface area (Å²) < 4.78 is 0. The Labute approximate surface area is 124 Å². The Morgan fingerprint density at radius 1 is 1.45 bits per heavy atom. The first-order valence-corrected chi connectivity index (χ1v) is 6.13. The Morgan fingerprint density at radius 2 is 2.18 bits per heavy atom. The van der Waals surface area contributed by atoms with Crippen LogP contribution in [0.4, 0.5) is 0 Å². The predicted molar refractivity (Wildman–Crippen MR) is 70.5 cm³/mol. The number of carbonyl (C=O) groups is 3. The number of hydrogen-bond donors (Lipinski definition) is 3. The quantitative estimate of drug-likeness (QED) is 0.306. The van der Waals surface area contributed by atoms with Gasteiger partial charge in [-0.05, 0) is 12.5 Å². The van der Waals surface area contributed by atoms with Crippen LogP contribution in [0.25, 0.3) is 5.53 Å². The maximum Gasteiger partial charge on any atom is 0.326 e. The Hall–Kier alpha value is -2.97. The first-order valence-electron chi connectivity index (χ1n) is 6.13. The highest BCUT2D eigenvalue weighted by Crippen LogP contribution is 2.09. The molecule has 1 rings (SSSR count). The van der Waals surface area contributed by atoms with Gasteiger partial charge in [-0.15, -0.1) is 0 Å². The molecule has 116 valence electrons. The van der Waals surface area contributed by atoms with Gasteiger partial charge in [0.15, 0.2) is 6.10 Å². The molecule has 0 aromatic carbocycles. The fourth-order valence-electron chi connectivity index (χ4n) is 1.52. The first-order chi connectivity index (χ1) is 10.5. The van der Waals surface area contributed by atoms with Crippen molar-refractivity contribution in [1.29, 1.82) is 0 Å². The molecule has 3 N–H and O–H groups in total. The van der Waals surface area contributed by atoms with Gasteiger partial charge in [0.1, 0.15) is 12.4 Å². The summed E-state index contributed by atoms with van der Waals surface area (Å²) in [5.74, 6) is -2.93. The molecule has 22 heavy (non-hydrogen) atoms. The van der Waals surface area contributed by atoms with Crippen molar-refractivity contribution < 1.29 is 29.4 Å². The third-order valence-electron chi connectivity index (χ3n) is 2.63. The lowest BCUT2D eigenvalue weighted by molar-refractivity contribution is -0.143. The smallest absolute Gasteiger partial charge is 0.326 e. The maximum atomic E-state index is 11.8. The van der Waals surface area contributed by atoms with Crippen LogP contribution in [0.1, 0.15) is 24.6 Å². The molecule has 0 saturated heterocycles. The van der Waals surface area contributed by atoms with Crippen molar-refractivity contribution in [2.45, 2.75) is 25.0 Å². The van der Waals surface area contributed by atoms with Gasteiger partial charge in [-0.1, -0.05) is 0 Å². The van der Waals surface area contributed by atoms with Gasteiger partial charge >= 0.3 is 12.2 Å². The molecule has 0 fully saturated rings. The Morgan fingerprint density at radius 3 is 2.73 bits per heavy atom. The van der Waals surface area contributed by atoms with Crippen LogP contribution in [0.2, 0.25) is 0 Å². The summed E-state index contributed by atoms with van der Waals surface area (Å²) >= 11 is 0. The summed E-state index contributed by atoms with van der Waals surface area (Å²) in [6.07, 6.45) is 0.969. The van der Waals surface area contributed by atoms with Crippen molar-refractivity contribution in [1.82, 2.24) is 15.3 Å². The summed E-state index contributed by atoms with van der Waals surface area (Å²) in [5.41, 5.74) is 8.19. The molecule has 1 heterocycles. The summed E-state index contributed by atoms with van der Waals surface area (Å²) in [5, 5.41) is 20.9. The highest BCUT2D eigenvalue weighted by atomic mass is 16.4. The monoisotopic (exact) mass is 307 g/mol. The number of amides is 1. The number of aromatic nitrogens is 2. The zero-order valence-electron chi connectivity index (χ0n) is 11.3. The van der Waals surface area contributed by atoms with E-state index in [4.69, 9.17) is 10.6 Å². The summed E-state index contributed by atoms with van der Waals surface area (Å²) in [6, 6.07) is -0.0682. The topological polar surface area (TPSA) is 166 Å². The number of carbonyl (C=O) groups excluding carboxylic acids is 2. The van der Waals surface area contributed by atoms with Crippen LogP contribution in [0, 0.1) is 0 Å². The molecule has 10 nitrogen and oxygen atoms in total. The molecule has 0 radical (unpaired) electrons. The Bertz CT molecular complexity index is 599. The number of rotatable bonds is 8. The van der Waals surface area contributed by atoms with E-state index in [1.807, 2.05) is 0 Å². The van der Waals surface area contributed by atoms with Crippen molar-refractivity contribution in [3.63, 3.8) is 0 Å². The zero-order chi connectivity index (χ0) is 16.5. The van der Waals surface area contributed by atoms with E-state index >= 15 is 0 Å². The highest BCUT2D eigenvalue weighted by molar-refractivity contribution is 6.25. The number of ketones is 1. The van der Waals surface area contributed by atoms with Crippen molar-refractivity contribution in [3.8, 4) is 0 Å². The number of carboxylic acids is 1. The van der Waals surface area contributed by atoms with Crippen LogP contribution in [-0.2, 0) is 14.4 Å². The second-order valence-corrected chi connectivity index (χ2v) is 4.19. The second kappa shape index (κ2) is 8.35. The fraction of sp³-hybridized carbons (Fsp3) is 0.333. The van der Waals surface area contributed by atoms with Gasteiger partial charge in [0, 0.05) is 12.6 Å². The van der Waals surface area contributed by atoms with Crippen LogP contribution in [-0.4, -0.2) is 54.9 Å². The molecule has 1 aromatic rings. The van der Waals surface area contributed by atoms with E-state index in [1.54, 1.807) is 0 Å². The number of nitrogens with zero attached hydrogens (tertiary/aromatic N) is 4. The van der Waals surface area contributed by atoms with Gasteiger partial charge in [-0.25, -0.2) is 14.8 Å². The van der Waals surface area contributed by atoms with Crippen molar-refractivity contribution in [2.24, 2.45) is 0 Å². The fourth-order valence-corrected chi connectivity index (χ4v) is 1.52. The molecule has 1 aromatic heterocycles. The van der Waals surface area contributed by atoms with Gasteiger partial charge in [-0.3, -0.25) is 9.59 Å². The van der Waals surface area contributed by atoms with Crippen LogP contribution in [0.5, 0.6) is 0 Å². The molecule has 2 atom stereocenters. The number of aliphatic carboxylic acids is 1. The zero-order valence-corrected chi connectivity index (χ0v) is 11.3. The van der Waals surface area contributed by atoms with E-state index in [0.29, 0.717) is 6.21 Å². The van der Waals surface area contributed by atoms with Crippen LogP contribution < -0.4 is 5.32 Å². The van der Waals surface area contributed by atoms with E-state index < -0.39 is 29.8 Å². The molecule has 0 bridgehead atoms. The Kier molecular flexibility index (Phi) is 6.48. The standard InChI is InChI=1S/C12H13N5O5/c13-16-5-7(18)1-2-9(12(21)22)17-11(20)10(19)8-3-4-14-6-15-8/h3-6,9-10,19H,1-2H2,(H,17,20)(H,21,22)/t9-,10-/m0/s1. The number of carboxylic acid groups (broad SMARTS) is 1. The number of nitrogens with one attached hydrogen (secondary N) is 1. The van der Waals surface area contributed by atoms with E-state index in [9.17, 15) is 19.5 Å². The molecular weight excluding hydrogens is 294 g/mol. The molecule has 0 aliphatic rings. The lowest BCUT2D eigenvalue weighted by atomic mass is 10.1. The maximum absolute atomic E-state index is 11.8. The Balaban J connectivity index is 2.66. The van der Waals surface area contributed by atoms with Crippen molar-refractivity contribution in [3.05, 3.63) is 29.8 Å². The molecule has 10 heteroatoms. The lowest BCUT2D eigenvalue weighted by Gasteiger charge is -2.16. The molecule has 0 unspecified atom stereocenters. The number of aliphatic hydroxyl groups is 1. The minimum Gasteiger partial charge on any atom is -0.480 e. The van der Waals surface area contributed by atoms with Crippen molar-refractivity contribution >= 4 is 23.9 Å². The van der Waals surface area contributed by atoms with E-state index in [-0.39, 0.29) is 18.5 Å². The molecule has 0 aliphatic heterocycles. The van der Waals surface area contributed by atoms with Crippen molar-refractivity contribution in [2.75, 3.05) is 0 Å². The van der Waals surface area contributed by atoms with Crippen LogP contribution in [0.15, 0.2) is 18.6 Å². The van der Waals surface area contributed by atoms with Crippen LogP contribution >= 0.6 is 0 Å². The van der Waals surface area contributed by atoms with E-state index in [1.165, 1.54) is 12.3 Å². The largest absolute Gasteiger partial charge is 0.480 e. The van der Waals surface area contributed by atoms with E-state index in [0.717, 1.165) is 6.33 Å². The minimum atomic E-state index is -1.65. The molecule has 0 spiro atoms. The third-order valence-corrected chi connectivity index (χ3v) is 2.63.